The molecule has 8 aromatic rings. The molecule has 0 radical (unpaired) electrons. The molecule has 0 spiro atoms. The average Bonchev–Trinajstić information content (AvgIpc) is 3.57. The van der Waals surface area contributed by atoms with E-state index in [2.05, 4.69) is 0 Å². The van der Waals surface area contributed by atoms with Crippen molar-refractivity contribution >= 4 is 65.4 Å². The van der Waals surface area contributed by atoms with E-state index in [9.17, 15) is 0 Å². The monoisotopic (exact) mass is 443 g/mol. The van der Waals surface area contributed by atoms with Gasteiger partial charge in [-0.25, -0.2) is 0 Å². The number of hydrogen-bond acceptors (Lipinski definition) is 2. The number of furan rings is 2. The fourth-order valence-electron chi connectivity index (χ4n) is 4.96. The zero-order valence-corrected chi connectivity index (χ0v) is 17.5. The van der Waals surface area contributed by atoms with Gasteiger partial charge in [-0.2, -0.15) is 0 Å². The van der Waals surface area contributed by atoms with Gasteiger partial charge in [-0.15, -0.1) is 0 Å². The predicted octanol–water partition coefficient (Wildman–Crippen LogP) is 9.46. The molecule has 0 aliphatic carbocycles. The smallest absolute Gasteiger partial charge is 0.136 e. The summed E-state index contributed by atoms with van der Waals surface area (Å²) < 4.78 is 89.4. The van der Waals surface area contributed by atoms with Crippen molar-refractivity contribution in [2.45, 2.75) is 0 Å². The van der Waals surface area contributed by atoms with Crippen molar-refractivity contribution in [1.29, 1.82) is 0 Å². The van der Waals surface area contributed by atoms with Gasteiger partial charge in [-0.1, -0.05) is 72.6 Å². The summed E-state index contributed by atoms with van der Waals surface area (Å²) in [5.74, 6) is 0. The van der Waals surface area contributed by atoms with Crippen LogP contribution in [-0.4, -0.2) is 0 Å². The van der Waals surface area contributed by atoms with E-state index in [0.29, 0.717) is 22.3 Å². The first-order valence-corrected chi connectivity index (χ1v) is 10.8. The molecule has 0 aliphatic heterocycles. The van der Waals surface area contributed by atoms with Crippen molar-refractivity contribution in [2.24, 2.45) is 0 Å². The molecule has 2 aromatic heterocycles. The summed E-state index contributed by atoms with van der Waals surface area (Å²) >= 11 is 0. The summed E-state index contributed by atoms with van der Waals surface area (Å²) in [5, 5.41) is 3.25. The van der Waals surface area contributed by atoms with Gasteiger partial charge in [0.15, 0.2) is 0 Å². The third-order valence-corrected chi connectivity index (χ3v) is 6.39. The Morgan fingerprint density at radius 1 is 0.529 bits per heavy atom. The molecule has 0 saturated heterocycles. The molecule has 0 N–H and O–H groups in total. The van der Waals surface area contributed by atoms with Crippen LogP contribution in [0.25, 0.3) is 76.5 Å². The molecule has 158 valence electrons. The summed E-state index contributed by atoms with van der Waals surface area (Å²) in [7, 11) is 0. The number of rotatable bonds is 1. The minimum Gasteiger partial charge on any atom is -0.456 e. The van der Waals surface area contributed by atoms with Crippen LogP contribution in [0.15, 0.2) is 118 Å². The van der Waals surface area contributed by atoms with Crippen LogP contribution in [0.1, 0.15) is 12.3 Å². The van der Waals surface area contributed by atoms with Crippen LogP contribution in [0.5, 0.6) is 0 Å². The molecule has 2 heteroatoms. The maximum Gasteiger partial charge on any atom is 0.136 e. The van der Waals surface area contributed by atoms with Crippen LogP contribution in [0.2, 0.25) is 0 Å². The van der Waals surface area contributed by atoms with E-state index < -0.39 is 48.3 Å². The Bertz CT molecular complexity index is 2480. The lowest BCUT2D eigenvalue weighted by Crippen LogP contribution is -1.85. The predicted molar refractivity (Wildman–Crippen MR) is 141 cm³/mol. The van der Waals surface area contributed by atoms with Gasteiger partial charge in [0.25, 0.3) is 0 Å². The quantitative estimate of drug-likeness (QED) is 0.236. The molecule has 0 bridgehead atoms. The second-order valence-electron chi connectivity index (χ2n) is 8.22. The first-order valence-electron chi connectivity index (χ1n) is 15.3. The highest BCUT2D eigenvalue weighted by molar-refractivity contribution is 6.26. The van der Waals surface area contributed by atoms with Gasteiger partial charge in [-0.05, 0) is 69.0 Å². The van der Waals surface area contributed by atoms with Gasteiger partial charge >= 0.3 is 0 Å². The van der Waals surface area contributed by atoms with Crippen LogP contribution < -0.4 is 0 Å². The lowest BCUT2D eigenvalue weighted by Gasteiger charge is -2.12. The molecule has 0 fully saturated rings. The Labute approximate surface area is 207 Å². The van der Waals surface area contributed by atoms with Gasteiger partial charge in [0.2, 0.25) is 0 Å². The Morgan fingerprint density at radius 2 is 1.15 bits per heavy atom. The van der Waals surface area contributed by atoms with Crippen LogP contribution in [0.4, 0.5) is 0 Å². The topological polar surface area (TPSA) is 26.3 Å². The highest BCUT2D eigenvalue weighted by Crippen LogP contribution is 2.42. The zero-order valence-electron chi connectivity index (χ0n) is 26.5. The number of fused-ring (bicyclic) bond motifs is 9. The molecule has 0 amide bonds. The maximum absolute atomic E-state index is 8.91. The third kappa shape index (κ3) is 2.35. The first kappa shape index (κ1) is 11.5. The van der Waals surface area contributed by atoms with Crippen molar-refractivity contribution < 1.29 is 21.2 Å². The zero-order chi connectivity index (χ0) is 30.1. The second-order valence-corrected chi connectivity index (χ2v) is 8.22. The fraction of sp³-hybridized carbons (Fsp3) is 0. The largest absolute Gasteiger partial charge is 0.456 e. The van der Waals surface area contributed by atoms with Crippen molar-refractivity contribution in [3.05, 3.63) is 109 Å². The van der Waals surface area contributed by atoms with E-state index in [4.69, 9.17) is 21.2 Å². The minimum atomic E-state index is -0.527. The molecule has 34 heavy (non-hydrogen) atoms. The number of hydrogen-bond donors (Lipinski definition) is 0. The lowest BCUT2D eigenvalue weighted by molar-refractivity contribution is 0.663. The highest BCUT2D eigenvalue weighted by Gasteiger charge is 2.17. The van der Waals surface area contributed by atoms with Gasteiger partial charge in [0.1, 0.15) is 22.3 Å². The average molecular weight is 444 g/mol. The Morgan fingerprint density at radius 3 is 1.88 bits per heavy atom. The van der Waals surface area contributed by atoms with Gasteiger partial charge < -0.3 is 8.83 Å². The SMILES string of the molecule is [2H]c1c([2H])c([2H])c2c(-c3ccc4c(c3)oc3ccc5oc6ccccc6c5c34)c3c([2H])c([2H])c([2H])c([2H])c3c([2H])c2c1[2H]. The van der Waals surface area contributed by atoms with Gasteiger partial charge in [0.05, 0.1) is 12.3 Å². The Kier molecular flexibility index (Phi) is 2.20. The fourth-order valence-corrected chi connectivity index (χ4v) is 4.96. The van der Waals surface area contributed by atoms with Crippen molar-refractivity contribution in [1.82, 2.24) is 0 Å². The van der Waals surface area contributed by atoms with Crippen molar-refractivity contribution in [3.8, 4) is 11.1 Å². The molecule has 2 nitrogen and oxygen atoms in total. The van der Waals surface area contributed by atoms with Crippen molar-refractivity contribution in [3.63, 3.8) is 0 Å². The van der Waals surface area contributed by atoms with E-state index in [1.54, 1.807) is 12.1 Å². The summed E-state index contributed by atoms with van der Waals surface area (Å²) in [6.07, 6.45) is 0. The van der Waals surface area contributed by atoms with E-state index in [0.717, 1.165) is 27.1 Å². The van der Waals surface area contributed by atoms with E-state index in [1.807, 2.05) is 42.5 Å². The summed E-state index contributed by atoms with van der Waals surface area (Å²) in [6.45, 7) is 0. The van der Waals surface area contributed by atoms with Crippen LogP contribution in [0.3, 0.4) is 0 Å². The third-order valence-electron chi connectivity index (χ3n) is 6.39. The van der Waals surface area contributed by atoms with Crippen molar-refractivity contribution in [2.75, 3.05) is 0 Å². The normalized spacial score (nSPS) is 15.8. The first-order chi connectivity index (χ1) is 20.6. The molecule has 0 saturated carbocycles. The van der Waals surface area contributed by atoms with E-state index in [-0.39, 0.29) is 33.2 Å². The molecule has 6 aromatic carbocycles. The molecule has 8 rings (SSSR count). The number of benzene rings is 6. The molecule has 2 heterocycles. The van der Waals surface area contributed by atoms with E-state index >= 15 is 0 Å². The van der Waals surface area contributed by atoms with Gasteiger partial charge in [0, 0.05) is 21.5 Å². The second kappa shape index (κ2) is 6.49. The Balaban J connectivity index is 1.57. The summed E-state index contributed by atoms with van der Waals surface area (Å²) in [5.41, 5.74) is 3.14. The standard InChI is InChI=1S/C32H18O2/c1-3-9-22-19(7-1)17-20-8-2-4-10-23(20)30(22)21-13-14-25-29(18-21)34-28-16-15-27-31(32(25)28)24-11-5-6-12-26(24)33-27/h1-18H/i1D,2D,3D,4D,7D,8D,9D,10D,17D. The lowest BCUT2D eigenvalue weighted by atomic mass is 9.91. The maximum atomic E-state index is 8.91. The van der Waals surface area contributed by atoms with Crippen LogP contribution in [-0.2, 0) is 0 Å². The Hall–Kier alpha value is -4.56. The molecular formula is C32H18O2. The van der Waals surface area contributed by atoms with Gasteiger partial charge in [-0.3, -0.25) is 0 Å². The summed E-state index contributed by atoms with van der Waals surface area (Å²) in [4.78, 5) is 0. The molecule has 0 aliphatic rings. The molecule has 0 atom stereocenters. The molecular weight excluding hydrogens is 416 g/mol. The minimum absolute atomic E-state index is 0.00668. The highest BCUT2D eigenvalue weighted by atomic mass is 16.3. The van der Waals surface area contributed by atoms with Crippen LogP contribution >= 0.6 is 0 Å². The van der Waals surface area contributed by atoms with E-state index in [1.165, 1.54) is 0 Å². The summed E-state index contributed by atoms with van der Waals surface area (Å²) in [6, 6.07) is 12.6. The number of para-hydroxylation sites is 1. The van der Waals surface area contributed by atoms with Crippen LogP contribution in [0, 0.1) is 0 Å². The molecule has 0 unspecified atom stereocenters.